The average Bonchev–Trinajstić information content (AvgIpc) is 2.59. The van der Waals surface area contributed by atoms with Crippen LogP contribution in [0.25, 0.3) is 0 Å². The zero-order chi connectivity index (χ0) is 16.8. The molecule has 0 heterocycles. The van der Waals surface area contributed by atoms with Gasteiger partial charge in [0, 0.05) is 12.1 Å². The number of carbonyl (C=O) groups is 1. The summed E-state index contributed by atoms with van der Waals surface area (Å²) >= 11 is 0. The van der Waals surface area contributed by atoms with Gasteiger partial charge in [-0.2, -0.15) is 0 Å². The van der Waals surface area contributed by atoms with Gasteiger partial charge in [0.25, 0.3) is 0 Å². The molecule has 0 aliphatic rings. The van der Waals surface area contributed by atoms with Gasteiger partial charge >= 0.3 is 5.97 Å². The number of rotatable bonds is 6. The molecule has 0 amide bonds. The Hall–Kier alpha value is -2.69. The lowest BCUT2D eigenvalue weighted by atomic mass is 10.1. The van der Waals surface area contributed by atoms with Crippen molar-refractivity contribution < 1.29 is 23.7 Å². The highest BCUT2D eigenvalue weighted by atomic mass is 16.5. The van der Waals surface area contributed by atoms with E-state index in [0.29, 0.717) is 22.8 Å². The summed E-state index contributed by atoms with van der Waals surface area (Å²) in [6, 6.07) is 10.9. The van der Waals surface area contributed by atoms with Gasteiger partial charge in [0.05, 0.1) is 21.3 Å². The summed E-state index contributed by atoms with van der Waals surface area (Å²) in [5, 5.41) is 0. The molecule has 2 rings (SSSR count). The highest BCUT2D eigenvalue weighted by Crippen LogP contribution is 2.35. The lowest BCUT2D eigenvalue weighted by Crippen LogP contribution is -2.08. The molecular weight excluding hydrogens is 296 g/mol. The van der Waals surface area contributed by atoms with Crippen molar-refractivity contribution in [1.82, 2.24) is 0 Å². The lowest BCUT2D eigenvalue weighted by molar-refractivity contribution is 0.0468. The molecule has 0 atom stereocenters. The first-order chi connectivity index (χ1) is 11.1. The molecule has 0 radical (unpaired) electrons. The topological polar surface area (TPSA) is 54.0 Å². The van der Waals surface area contributed by atoms with Crippen LogP contribution in [0.5, 0.6) is 17.2 Å². The summed E-state index contributed by atoms with van der Waals surface area (Å²) in [4.78, 5) is 12.4. The quantitative estimate of drug-likeness (QED) is 0.765. The van der Waals surface area contributed by atoms with E-state index in [4.69, 9.17) is 18.9 Å². The Morgan fingerprint density at radius 3 is 2.13 bits per heavy atom. The Balaban J connectivity index is 2.23. The smallest absolute Gasteiger partial charge is 0.342 e. The molecule has 0 spiro atoms. The van der Waals surface area contributed by atoms with E-state index >= 15 is 0 Å². The molecule has 5 heteroatoms. The van der Waals surface area contributed by atoms with Crippen molar-refractivity contribution in [2.24, 2.45) is 0 Å². The molecule has 0 unspecified atom stereocenters. The zero-order valence-corrected chi connectivity index (χ0v) is 13.7. The van der Waals surface area contributed by atoms with Crippen molar-refractivity contribution in [2.75, 3.05) is 21.3 Å². The molecule has 23 heavy (non-hydrogen) atoms. The highest BCUT2D eigenvalue weighted by molar-refractivity contribution is 5.93. The van der Waals surface area contributed by atoms with E-state index in [0.717, 1.165) is 11.1 Å². The number of benzene rings is 2. The fraction of sp³-hybridized carbons (Fsp3) is 0.278. The second-order valence-electron chi connectivity index (χ2n) is 4.91. The predicted octanol–water partition coefficient (Wildman–Crippen LogP) is 3.38. The van der Waals surface area contributed by atoms with Gasteiger partial charge in [-0.15, -0.1) is 0 Å². The van der Waals surface area contributed by atoms with Crippen LogP contribution in [0.2, 0.25) is 0 Å². The third kappa shape index (κ3) is 3.74. The summed E-state index contributed by atoms with van der Waals surface area (Å²) in [6.45, 7) is 2.17. The van der Waals surface area contributed by atoms with Crippen LogP contribution < -0.4 is 14.2 Å². The Morgan fingerprint density at radius 2 is 1.52 bits per heavy atom. The average molecular weight is 316 g/mol. The van der Waals surface area contributed by atoms with E-state index in [9.17, 15) is 4.79 Å². The van der Waals surface area contributed by atoms with Crippen LogP contribution >= 0.6 is 0 Å². The van der Waals surface area contributed by atoms with Gasteiger partial charge in [-0.1, -0.05) is 24.3 Å². The van der Waals surface area contributed by atoms with E-state index in [1.165, 1.54) is 21.3 Å². The lowest BCUT2D eigenvalue weighted by Gasteiger charge is -2.14. The van der Waals surface area contributed by atoms with Crippen LogP contribution in [0.4, 0.5) is 0 Å². The molecule has 0 aromatic heterocycles. The number of methoxy groups -OCH3 is 3. The fourth-order valence-corrected chi connectivity index (χ4v) is 2.18. The van der Waals surface area contributed by atoms with E-state index in [1.807, 2.05) is 31.2 Å². The van der Waals surface area contributed by atoms with E-state index in [2.05, 4.69) is 0 Å². The highest BCUT2D eigenvalue weighted by Gasteiger charge is 2.19. The first-order valence-electron chi connectivity index (χ1n) is 7.12. The Bertz CT molecular complexity index is 694. The number of carbonyl (C=O) groups excluding carboxylic acids is 1. The SMILES string of the molecule is COc1cc(OC)c(C(=O)OCc2ccccc2C)cc1OC. The third-order valence-corrected chi connectivity index (χ3v) is 3.55. The van der Waals surface area contributed by atoms with Gasteiger partial charge in [-0.3, -0.25) is 0 Å². The van der Waals surface area contributed by atoms with E-state index < -0.39 is 5.97 Å². The van der Waals surface area contributed by atoms with Crippen molar-refractivity contribution in [2.45, 2.75) is 13.5 Å². The fourth-order valence-electron chi connectivity index (χ4n) is 2.18. The molecule has 5 nitrogen and oxygen atoms in total. The normalized spacial score (nSPS) is 10.1. The van der Waals surface area contributed by atoms with Crippen LogP contribution in [-0.2, 0) is 11.3 Å². The molecule has 2 aromatic rings. The first-order valence-corrected chi connectivity index (χ1v) is 7.12. The van der Waals surface area contributed by atoms with Crippen LogP contribution in [0.15, 0.2) is 36.4 Å². The minimum absolute atomic E-state index is 0.197. The van der Waals surface area contributed by atoms with Gasteiger partial charge in [0.2, 0.25) is 0 Å². The van der Waals surface area contributed by atoms with Crippen molar-refractivity contribution in [3.8, 4) is 17.2 Å². The van der Waals surface area contributed by atoms with Gasteiger partial charge < -0.3 is 18.9 Å². The molecule has 0 aliphatic carbocycles. The molecule has 0 fully saturated rings. The number of ether oxygens (including phenoxy) is 4. The molecule has 0 saturated heterocycles. The maximum Gasteiger partial charge on any atom is 0.342 e. The molecule has 2 aromatic carbocycles. The largest absolute Gasteiger partial charge is 0.496 e. The van der Waals surface area contributed by atoms with Crippen molar-refractivity contribution in [3.63, 3.8) is 0 Å². The molecule has 122 valence electrons. The Labute approximate surface area is 135 Å². The summed E-state index contributed by atoms with van der Waals surface area (Å²) < 4.78 is 21.1. The van der Waals surface area contributed by atoms with Crippen LogP contribution in [0.1, 0.15) is 21.5 Å². The molecule has 0 bridgehead atoms. The minimum Gasteiger partial charge on any atom is -0.496 e. The number of hydrogen-bond acceptors (Lipinski definition) is 5. The second kappa shape index (κ2) is 7.54. The molecule has 0 N–H and O–H groups in total. The number of esters is 1. The summed E-state index contributed by atoms with van der Waals surface area (Å²) in [7, 11) is 4.51. The van der Waals surface area contributed by atoms with Crippen molar-refractivity contribution in [3.05, 3.63) is 53.1 Å². The maximum absolute atomic E-state index is 12.4. The maximum atomic E-state index is 12.4. The first kappa shape index (κ1) is 16.7. The minimum atomic E-state index is -0.481. The van der Waals surface area contributed by atoms with Crippen LogP contribution in [0, 0.1) is 6.92 Å². The third-order valence-electron chi connectivity index (χ3n) is 3.55. The molecular formula is C18H20O5. The Morgan fingerprint density at radius 1 is 0.913 bits per heavy atom. The van der Waals surface area contributed by atoms with E-state index in [1.54, 1.807) is 12.1 Å². The monoisotopic (exact) mass is 316 g/mol. The van der Waals surface area contributed by atoms with Gasteiger partial charge in [0.15, 0.2) is 11.5 Å². The Kier molecular flexibility index (Phi) is 5.46. The molecule has 0 saturated carbocycles. The summed E-state index contributed by atoms with van der Waals surface area (Å²) in [5.41, 5.74) is 2.32. The van der Waals surface area contributed by atoms with Gasteiger partial charge in [-0.05, 0) is 18.1 Å². The standard InChI is InChI=1S/C18H20O5/c1-12-7-5-6-8-13(12)11-23-18(19)14-9-16(21-3)17(22-4)10-15(14)20-2/h5-10H,11H2,1-4H3. The molecule has 0 aliphatic heterocycles. The van der Waals surface area contributed by atoms with Crippen LogP contribution in [0.3, 0.4) is 0 Å². The predicted molar refractivity (Wildman–Crippen MR) is 86.4 cm³/mol. The van der Waals surface area contributed by atoms with Gasteiger partial charge in [0.1, 0.15) is 17.9 Å². The zero-order valence-electron chi connectivity index (χ0n) is 13.7. The number of aryl methyl sites for hydroxylation is 1. The van der Waals surface area contributed by atoms with Crippen molar-refractivity contribution >= 4 is 5.97 Å². The van der Waals surface area contributed by atoms with E-state index in [-0.39, 0.29) is 6.61 Å². The van der Waals surface area contributed by atoms with Crippen molar-refractivity contribution in [1.29, 1.82) is 0 Å². The van der Waals surface area contributed by atoms with Crippen LogP contribution in [-0.4, -0.2) is 27.3 Å². The number of hydrogen-bond donors (Lipinski definition) is 0. The second-order valence-corrected chi connectivity index (χ2v) is 4.91. The summed E-state index contributed by atoms with van der Waals surface area (Å²) in [6.07, 6.45) is 0. The van der Waals surface area contributed by atoms with Gasteiger partial charge in [-0.25, -0.2) is 4.79 Å². The summed E-state index contributed by atoms with van der Waals surface area (Å²) in [5.74, 6) is 0.819.